The van der Waals surface area contributed by atoms with Gasteiger partial charge in [0.25, 0.3) is 5.91 Å². The van der Waals surface area contributed by atoms with Crippen molar-refractivity contribution in [3.05, 3.63) is 77.5 Å². The molecule has 0 saturated carbocycles. The highest BCUT2D eigenvalue weighted by atomic mass is 16.5. The van der Waals surface area contributed by atoms with Gasteiger partial charge in [-0.15, -0.1) is 0 Å². The Morgan fingerprint density at radius 3 is 2.37 bits per heavy atom. The van der Waals surface area contributed by atoms with Gasteiger partial charge in [-0.3, -0.25) is 4.79 Å². The van der Waals surface area contributed by atoms with E-state index in [4.69, 9.17) is 10.00 Å². The quantitative estimate of drug-likeness (QED) is 0.654. The number of benzene rings is 2. The summed E-state index contributed by atoms with van der Waals surface area (Å²) in [5, 5.41) is 16.2. The second-order valence-electron chi connectivity index (χ2n) is 7.73. The van der Waals surface area contributed by atoms with Crippen LogP contribution in [0.1, 0.15) is 42.4 Å². The molecule has 0 radical (unpaired) electrons. The van der Waals surface area contributed by atoms with Crippen LogP contribution in [-0.4, -0.2) is 28.3 Å². The van der Waals surface area contributed by atoms with Gasteiger partial charge in [-0.1, -0.05) is 39.0 Å². The summed E-state index contributed by atoms with van der Waals surface area (Å²) < 4.78 is 6.75. The smallest absolute Gasteiger partial charge is 0.338 e. The Labute approximate surface area is 174 Å². The van der Waals surface area contributed by atoms with Gasteiger partial charge in [-0.2, -0.15) is 10.4 Å². The normalized spacial score (nSPS) is 10.9. The molecule has 0 aliphatic carbocycles. The van der Waals surface area contributed by atoms with Crippen LogP contribution in [-0.2, 0) is 14.9 Å². The van der Waals surface area contributed by atoms with Gasteiger partial charge in [0.1, 0.15) is 5.82 Å². The van der Waals surface area contributed by atoms with Crippen LogP contribution in [0.15, 0.2) is 60.7 Å². The molecule has 2 aromatic carbocycles. The molecule has 0 bridgehead atoms. The van der Waals surface area contributed by atoms with Gasteiger partial charge < -0.3 is 10.1 Å². The number of para-hydroxylation sites is 1. The summed E-state index contributed by atoms with van der Waals surface area (Å²) >= 11 is 0. The minimum absolute atomic E-state index is 0.207. The molecule has 0 unspecified atom stereocenters. The molecule has 0 aliphatic rings. The predicted octanol–water partition coefficient (Wildman–Crippen LogP) is 3.84. The monoisotopic (exact) mass is 402 g/mol. The first-order chi connectivity index (χ1) is 14.3. The number of amides is 1. The fourth-order valence-electron chi connectivity index (χ4n) is 2.68. The van der Waals surface area contributed by atoms with E-state index in [1.807, 2.05) is 63.2 Å². The number of nitrogens with zero attached hydrogens (tertiary/aromatic N) is 3. The van der Waals surface area contributed by atoms with E-state index in [-0.39, 0.29) is 11.0 Å². The number of rotatable bonds is 5. The number of carbonyl (C=O) groups is 2. The number of hydrogen-bond acceptors (Lipinski definition) is 5. The zero-order valence-electron chi connectivity index (χ0n) is 17.0. The fraction of sp³-hybridized carbons (Fsp3) is 0.217. The second kappa shape index (κ2) is 8.62. The summed E-state index contributed by atoms with van der Waals surface area (Å²) in [4.78, 5) is 24.5. The Balaban J connectivity index is 1.72. The van der Waals surface area contributed by atoms with E-state index in [2.05, 4.69) is 10.4 Å². The van der Waals surface area contributed by atoms with E-state index < -0.39 is 18.5 Å². The van der Waals surface area contributed by atoms with Crippen molar-refractivity contribution >= 4 is 17.7 Å². The molecule has 1 heterocycles. The molecule has 30 heavy (non-hydrogen) atoms. The summed E-state index contributed by atoms with van der Waals surface area (Å²) in [5.41, 5.74) is 2.12. The molecule has 1 amide bonds. The van der Waals surface area contributed by atoms with E-state index in [0.717, 1.165) is 11.4 Å². The lowest BCUT2D eigenvalue weighted by atomic mass is 9.92. The summed E-state index contributed by atoms with van der Waals surface area (Å²) in [7, 11) is 0. The number of hydrogen-bond donors (Lipinski definition) is 1. The van der Waals surface area contributed by atoms with Crippen molar-refractivity contribution in [2.24, 2.45) is 0 Å². The molecule has 0 spiro atoms. The van der Waals surface area contributed by atoms with Gasteiger partial charge in [0, 0.05) is 11.5 Å². The molecule has 7 heteroatoms. The molecule has 0 saturated heterocycles. The Bertz CT molecular complexity index is 1090. The van der Waals surface area contributed by atoms with Crippen molar-refractivity contribution in [2.45, 2.75) is 26.2 Å². The summed E-state index contributed by atoms with van der Waals surface area (Å²) in [6, 6.07) is 19.2. The minimum Gasteiger partial charge on any atom is -0.452 e. The number of esters is 1. The van der Waals surface area contributed by atoms with Crippen molar-refractivity contribution in [1.82, 2.24) is 9.78 Å². The van der Waals surface area contributed by atoms with Crippen molar-refractivity contribution in [3.63, 3.8) is 0 Å². The van der Waals surface area contributed by atoms with Gasteiger partial charge >= 0.3 is 5.97 Å². The summed E-state index contributed by atoms with van der Waals surface area (Å²) in [6.07, 6.45) is 0. The number of ether oxygens (including phenoxy) is 1. The molecule has 0 fully saturated rings. The molecular formula is C23H22N4O3. The van der Waals surface area contributed by atoms with Crippen LogP contribution in [0.4, 0.5) is 5.82 Å². The Morgan fingerprint density at radius 2 is 1.77 bits per heavy atom. The zero-order valence-corrected chi connectivity index (χ0v) is 17.0. The first-order valence-electron chi connectivity index (χ1n) is 9.41. The van der Waals surface area contributed by atoms with Crippen molar-refractivity contribution in [2.75, 3.05) is 11.9 Å². The van der Waals surface area contributed by atoms with Gasteiger partial charge in [0.05, 0.1) is 28.6 Å². The van der Waals surface area contributed by atoms with Crippen LogP contribution in [0, 0.1) is 11.3 Å². The molecule has 0 aliphatic heterocycles. The van der Waals surface area contributed by atoms with Crippen LogP contribution in [0.3, 0.4) is 0 Å². The van der Waals surface area contributed by atoms with E-state index in [1.165, 1.54) is 24.3 Å². The lowest BCUT2D eigenvalue weighted by molar-refractivity contribution is -0.119. The number of nitriles is 1. The molecule has 152 valence electrons. The van der Waals surface area contributed by atoms with Gasteiger partial charge in [-0.05, 0) is 36.4 Å². The van der Waals surface area contributed by atoms with E-state index in [1.54, 1.807) is 4.68 Å². The van der Waals surface area contributed by atoms with Crippen LogP contribution in [0.5, 0.6) is 0 Å². The number of anilines is 1. The van der Waals surface area contributed by atoms with Gasteiger partial charge in [0.2, 0.25) is 0 Å². The van der Waals surface area contributed by atoms with Crippen molar-refractivity contribution in [3.8, 4) is 11.8 Å². The van der Waals surface area contributed by atoms with E-state index in [0.29, 0.717) is 11.4 Å². The van der Waals surface area contributed by atoms with Crippen LogP contribution in [0.25, 0.3) is 5.69 Å². The maximum Gasteiger partial charge on any atom is 0.338 e. The second-order valence-corrected chi connectivity index (χ2v) is 7.73. The Kier molecular flexibility index (Phi) is 5.98. The third kappa shape index (κ3) is 4.92. The van der Waals surface area contributed by atoms with Crippen LogP contribution in [0.2, 0.25) is 0 Å². The molecule has 0 atom stereocenters. The standard InChI is InChI=1S/C23H22N4O3/c1-23(2,3)19-13-20(27(26-19)18-7-5-4-6-8-18)25-21(28)15-30-22(29)17-11-9-16(14-24)10-12-17/h4-13H,15H2,1-3H3,(H,25,28). The maximum absolute atomic E-state index is 12.4. The molecular weight excluding hydrogens is 380 g/mol. The van der Waals surface area contributed by atoms with E-state index in [9.17, 15) is 9.59 Å². The lowest BCUT2D eigenvalue weighted by Crippen LogP contribution is -2.22. The topological polar surface area (TPSA) is 97.0 Å². The Hall–Kier alpha value is -3.92. The maximum atomic E-state index is 12.4. The van der Waals surface area contributed by atoms with Gasteiger partial charge in [0.15, 0.2) is 6.61 Å². The third-order valence-electron chi connectivity index (χ3n) is 4.33. The van der Waals surface area contributed by atoms with Crippen LogP contribution < -0.4 is 5.32 Å². The predicted molar refractivity (Wildman–Crippen MR) is 112 cm³/mol. The average molecular weight is 402 g/mol. The van der Waals surface area contributed by atoms with E-state index >= 15 is 0 Å². The SMILES string of the molecule is CC(C)(C)c1cc(NC(=O)COC(=O)c2ccc(C#N)cc2)n(-c2ccccc2)n1. The average Bonchev–Trinajstić information content (AvgIpc) is 3.17. The molecule has 1 N–H and O–H groups in total. The highest BCUT2D eigenvalue weighted by molar-refractivity contribution is 5.95. The summed E-state index contributed by atoms with van der Waals surface area (Å²) in [5.74, 6) is -0.623. The highest BCUT2D eigenvalue weighted by Crippen LogP contribution is 2.26. The lowest BCUT2D eigenvalue weighted by Gasteiger charge is -2.14. The third-order valence-corrected chi connectivity index (χ3v) is 4.33. The minimum atomic E-state index is -0.637. The molecule has 3 aromatic rings. The van der Waals surface area contributed by atoms with Crippen molar-refractivity contribution in [1.29, 1.82) is 5.26 Å². The first kappa shape index (κ1) is 20.8. The highest BCUT2D eigenvalue weighted by Gasteiger charge is 2.22. The summed E-state index contributed by atoms with van der Waals surface area (Å²) in [6.45, 7) is 5.67. The van der Waals surface area contributed by atoms with Crippen molar-refractivity contribution < 1.29 is 14.3 Å². The Morgan fingerprint density at radius 1 is 1.10 bits per heavy atom. The number of aromatic nitrogens is 2. The zero-order chi connectivity index (χ0) is 21.7. The molecule has 3 rings (SSSR count). The van der Waals surface area contributed by atoms with Crippen LogP contribution >= 0.6 is 0 Å². The molecule has 1 aromatic heterocycles. The van der Waals surface area contributed by atoms with Gasteiger partial charge in [-0.25, -0.2) is 9.48 Å². The molecule has 7 nitrogen and oxygen atoms in total. The fourth-order valence-corrected chi connectivity index (χ4v) is 2.68. The largest absolute Gasteiger partial charge is 0.452 e. The first-order valence-corrected chi connectivity index (χ1v) is 9.41. The number of carbonyl (C=O) groups excluding carboxylic acids is 2. The number of nitrogens with one attached hydrogen (secondary N) is 1.